The van der Waals surface area contributed by atoms with Crippen molar-refractivity contribution in [2.75, 3.05) is 0 Å². The van der Waals surface area contributed by atoms with Crippen LogP contribution in [0.2, 0.25) is 0 Å². The van der Waals surface area contributed by atoms with Gasteiger partial charge in [0.2, 0.25) is 0 Å². The Labute approximate surface area is 363 Å². The van der Waals surface area contributed by atoms with Crippen LogP contribution >= 0.6 is 11.3 Å². The summed E-state index contributed by atoms with van der Waals surface area (Å²) in [6.45, 7) is 5.42. The predicted octanol–water partition coefficient (Wildman–Crippen LogP) is 15.8. The highest BCUT2D eigenvalue weighted by atomic mass is 32.1. The van der Waals surface area contributed by atoms with E-state index in [-0.39, 0.29) is 0 Å². The van der Waals surface area contributed by atoms with E-state index in [0.29, 0.717) is 0 Å². The maximum atomic E-state index is 5.23. The van der Waals surface area contributed by atoms with Gasteiger partial charge in [0.1, 0.15) is 4.83 Å². The van der Waals surface area contributed by atoms with Crippen LogP contribution < -0.4 is 0 Å². The van der Waals surface area contributed by atoms with Gasteiger partial charge in [-0.25, -0.2) is 9.97 Å². The van der Waals surface area contributed by atoms with Crippen molar-refractivity contribution >= 4 is 75.3 Å². The van der Waals surface area contributed by atoms with Gasteiger partial charge >= 0.3 is 0 Å². The second-order valence-corrected chi connectivity index (χ2v) is 16.4. The first-order valence-electron chi connectivity index (χ1n) is 20.9. The molecule has 0 unspecified atom stereocenters. The summed E-state index contributed by atoms with van der Waals surface area (Å²) in [5.41, 5.74) is 12.5. The number of para-hydroxylation sites is 3. The number of thiophene rings is 1. The van der Waals surface area contributed by atoms with Crippen molar-refractivity contribution in [3.05, 3.63) is 219 Å². The van der Waals surface area contributed by atoms with Crippen LogP contribution in [0.5, 0.6) is 0 Å². The first-order valence-corrected chi connectivity index (χ1v) is 21.7. The quantitative estimate of drug-likeness (QED) is 0.157. The fourth-order valence-electron chi connectivity index (χ4n) is 8.89. The van der Waals surface area contributed by atoms with Crippen LogP contribution in [0.15, 0.2) is 219 Å². The lowest BCUT2D eigenvalue weighted by molar-refractivity contribution is 1.17. The SMILES string of the molecule is C=C/C=C\C.c1ccc(-c2nc(-c3ccc(-n4c5ccccc5c5cc(-c6ccc7c(c6)c6ccccc6n7-c6ccccc6)ccc54)cc3)nc3sc4ccccc4c23)cc1. The summed E-state index contributed by atoms with van der Waals surface area (Å²) in [6, 6.07) is 69.6. The van der Waals surface area contributed by atoms with Crippen LogP contribution in [0.3, 0.4) is 0 Å². The van der Waals surface area contributed by atoms with Crippen LogP contribution in [-0.2, 0) is 0 Å². The highest BCUT2D eigenvalue weighted by Crippen LogP contribution is 2.41. The van der Waals surface area contributed by atoms with Gasteiger partial charge in [0, 0.05) is 59.5 Å². The standard InChI is InChI=1S/C52H32N4S.C5H8/c1-3-13-33(14-4-1)50-49-41-19-9-12-22-48(41)57-52(49)54-51(53-50)34-23-27-38(28-24-34)56-45-21-11-8-18-40(45)43-32-36(26-30-47(43)56)35-25-29-46-42(31-35)39-17-7-10-20-44(39)55(46)37-15-5-2-6-16-37;1-3-5-4-2/h1-32H;3-5H,1H2,2H3/b;5-4-. The lowest BCUT2D eigenvalue weighted by atomic mass is 10.0. The van der Waals surface area contributed by atoms with E-state index in [9.17, 15) is 0 Å². The molecule has 0 aliphatic heterocycles. The Kier molecular flexibility index (Phi) is 9.37. The zero-order valence-electron chi connectivity index (χ0n) is 34.1. The number of hydrogen-bond donors (Lipinski definition) is 0. The average molecular weight is 813 g/mol. The minimum Gasteiger partial charge on any atom is -0.309 e. The zero-order chi connectivity index (χ0) is 41.6. The van der Waals surface area contributed by atoms with E-state index >= 15 is 0 Å². The molecule has 0 amide bonds. The lowest BCUT2D eigenvalue weighted by Gasteiger charge is -2.11. The fraction of sp³-hybridized carbons (Fsp3) is 0.0175. The minimum absolute atomic E-state index is 0.732. The average Bonchev–Trinajstić information content (AvgIpc) is 3.99. The summed E-state index contributed by atoms with van der Waals surface area (Å²) < 4.78 is 5.96. The van der Waals surface area contributed by atoms with E-state index in [1.807, 2.05) is 19.1 Å². The van der Waals surface area contributed by atoms with Gasteiger partial charge in [-0.3, -0.25) is 0 Å². The van der Waals surface area contributed by atoms with Gasteiger partial charge in [-0.05, 0) is 96.9 Å². The van der Waals surface area contributed by atoms with E-state index in [0.717, 1.165) is 38.5 Å². The molecule has 0 spiro atoms. The Bertz CT molecular complexity index is 3650. The molecule has 0 aliphatic rings. The number of rotatable bonds is 6. The largest absolute Gasteiger partial charge is 0.309 e. The Morgan fingerprint density at radius 1 is 0.452 bits per heavy atom. The molecule has 0 saturated carbocycles. The highest BCUT2D eigenvalue weighted by molar-refractivity contribution is 7.25. The molecular formula is C57H40N4S. The molecule has 294 valence electrons. The number of fused-ring (bicyclic) bond motifs is 9. The molecule has 12 aromatic rings. The Morgan fingerprint density at radius 2 is 0.952 bits per heavy atom. The van der Waals surface area contributed by atoms with E-state index in [1.54, 1.807) is 17.4 Å². The highest BCUT2D eigenvalue weighted by Gasteiger charge is 2.19. The maximum absolute atomic E-state index is 5.23. The third-order valence-corrected chi connectivity index (χ3v) is 12.8. The molecule has 5 heteroatoms. The van der Waals surface area contributed by atoms with Crippen LogP contribution in [0.1, 0.15) is 6.92 Å². The number of aromatic nitrogens is 4. The van der Waals surface area contributed by atoms with Crippen molar-refractivity contribution in [2.45, 2.75) is 6.92 Å². The van der Waals surface area contributed by atoms with Gasteiger partial charge in [-0.15, -0.1) is 11.3 Å². The van der Waals surface area contributed by atoms with Crippen molar-refractivity contribution in [3.8, 4) is 45.1 Å². The van der Waals surface area contributed by atoms with Gasteiger partial charge < -0.3 is 9.13 Å². The number of allylic oxidation sites excluding steroid dienone is 3. The summed E-state index contributed by atoms with van der Waals surface area (Å²) in [5, 5.41) is 7.27. The summed E-state index contributed by atoms with van der Waals surface area (Å²) in [4.78, 5) is 11.4. The Hall–Kier alpha value is -7.86. The Balaban J connectivity index is 0.000000820. The van der Waals surface area contributed by atoms with Crippen molar-refractivity contribution in [1.82, 2.24) is 19.1 Å². The smallest absolute Gasteiger partial charge is 0.161 e. The molecule has 0 aliphatic carbocycles. The Morgan fingerprint density at radius 3 is 1.53 bits per heavy atom. The molecule has 0 fully saturated rings. The molecule has 0 atom stereocenters. The van der Waals surface area contributed by atoms with Gasteiger partial charge in [0.05, 0.1) is 27.8 Å². The molecule has 4 heterocycles. The molecule has 12 rings (SSSR count). The van der Waals surface area contributed by atoms with Gasteiger partial charge in [-0.1, -0.05) is 140 Å². The molecular weight excluding hydrogens is 773 g/mol. The maximum Gasteiger partial charge on any atom is 0.161 e. The van der Waals surface area contributed by atoms with E-state index < -0.39 is 0 Å². The van der Waals surface area contributed by atoms with Gasteiger partial charge in [0.25, 0.3) is 0 Å². The molecule has 0 N–H and O–H groups in total. The molecule has 4 nitrogen and oxygen atoms in total. The van der Waals surface area contributed by atoms with Crippen LogP contribution in [-0.4, -0.2) is 19.1 Å². The molecule has 8 aromatic carbocycles. The second kappa shape index (κ2) is 15.6. The molecule has 4 aromatic heterocycles. The van der Waals surface area contributed by atoms with E-state index in [2.05, 4.69) is 210 Å². The van der Waals surface area contributed by atoms with Crippen molar-refractivity contribution in [3.63, 3.8) is 0 Å². The second-order valence-electron chi connectivity index (χ2n) is 15.4. The fourth-order valence-corrected chi connectivity index (χ4v) is 9.97. The monoisotopic (exact) mass is 812 g/mol. The van der Waals surface area contributed by atoms with Gasteiger partial charge in [0.15, 0.2) is 5.82 Å². The summed E-state index contributed by atoms with van der Waals surface area (Å²) in [5.74, 6) is 0.732. The topological polar surface area (TPSA) is 35.6 Å². The van der Waals surface area contributed by atoms with Crippen LogP contribution in [0.4, 0.5) is 0 Å². The van der Waals surface area contributed by atoms with Gasteiger partial charge in [-0.2, -0.15) is 0 Å². The summed E-state index contributed by atoms with van der Waals surface area (Å²) in [7, 11) is 0. The summed E-state index contributed by atoms with van der Waals surface area (Å²) in [6.07, 6.45) is 5.58. The zero-order valence-corrected chi connectivity index (χ0v) is 34.9. The number of nitrogens with zero attached hydrogens (tertiary/aromatic N) is 4. The van der Waals surface area contributed by atoms with Crippen molar-refractivity contribution < 1.29 is 0 Å². The van der Waals surface area contributed by atoms with Crippen LogP contribution in [0.25, 0.3) is 109 Å². The first kappa shape index (κ1) is 37.2. The summed E-state index contributed by atoms with van der Waals surface area (Å²) >= 11 is 1.73. The molecule has 62 heavy (non-hydrogen) atoms. The molecule has 0 bridgehead atoms. The third kappa shape index (κ3) is 6.30. The minimum atomic E-state index is 0.732. The molecule has 0 saturated heterocycles. The van der Waals surface area contributed by atoms with Crippen LogP contribution in [0, 0.1) is 0 Å². The van der Waals surface area contributed by atoms with Crippen molar-refractivity contribution in [2.24, 2.45) is 0 Å². The third-order valence-electron chi connectivity index (χ3n) is 11.7. The first-order chi connectivity index (χ1) is 30.7. The number of benzene rings is 8. The molecule has 0 radical (unpaired) electrons. The van der Waals surface area contributed by atoms with E-state index in [4.69, 9.17) is 9.97 Å². The predicted molar refractivity (Wildman–Crippen MR) is 265 cm³/mol. The van der Waals surface area contributed by atoms with Crippen molar-refractivity contribution in [1.29, 1.82) is 0 Å². The number of hydrogen-bond acceptors (Lipinski definition) is 3. The normalized spacial score (nSPS) is 11.6. The lowest BCUT2D eigenvalue weighted by Crippen LogP contribution is -1.96. The van der Waals surface area contributed by atoms with E-state index in [1.165, 1.54) is 70.5 Å².